The van der Waals surface area contributed by atoms with Gasteiger partial charge in [-0.2, -0.15) is 0 Å². The van der Waals surface area contributed by atoms with E-state index in [9.17, 15) is 4.79 Å². The largest absolute Gasteiger partial charge is 0.487 e. The number of hydrogen-bond donors (Lipinski definition) is 0. The molecule has 0 bridgehead atoms. The van der Waals surface area contributed by atoms with E-state index in [2.05, 4.69) is 0 Å². The molecule has 0 unspecified atom stereocenters. The second-order valence-corrected chi connectivity index (χ2v) is 4.03. The zero-order valence-electron chi connectivity index (χ0n) is 9.28. The van der Waals surface area contributed by atoms with Crippen LogP contribution in [0.1, 0.15) is 19.4 Å². The molecule has 1 atom stereocenters. The molecule has 3 heteroatoms. The van der Waals surface area contributed by atoms with Gasteiger partial charge in [0.25, 0.3) is 0 Å². The normalized spacial score (nSPS) is 19.4. The molecule has 0 radical (unpaired) electrons. The predicted octanol–water partition coefficient (Wildman–Crippen LogP) is 2.13. The molecule has 0 spiro atoms. The van der Waals surface area contributed by atoms with Gasteiger partial charge in [-0.1, -0.05) is 6.07 Å². The van der Waals surface area contributed by atoms with Crippen molar-refractivity contribution >= 4 is 11.6 Å². The van der Waals surface area contributed by atoms with E-state index in [-0.39, 0.29) is 12.0 Å². The molecule has 1 amide bonds. The van der Waals surface area contributed by atoms with Crippen LogP contribution in [0.2, 0.25) is 0 Å². The van der Waals surface area contributed by atoms with Crippen molar-refractivity contribution in [3.63, 3.8) is 0 Å². The molecule has 1 heterocycles. The zero-order valence-corrected chi connectivity index (χ0v) is 9.28. The molecule has 2 rings (SSSR count). The van der Waals surface area contributed by atoms with Gasteiger partial charge in [0.2, 0.25) is 5.91 Å². The fraction of sp³-hybridized carbons (Fsp3) is 0.417. The molecule has 1 aromatic carbocycles. The lowest BCUT2D eigenvalue weighted by atomic mass is 10.1. The van der Waals surface area contributed by atoms with Crippen molar-refractivity contribution in [3.8, 4) is 5.75 Å². The highest BCUT2D eigenvalue weighted by molar-refractivity contribution is 5.93. The first kappa shape index (κ1) is 10.0. The molecule has 0 aliphatic carbocycles. The van der Waals surface area contributed by atoms with Crippen LogP contribution in [-0.2, 0) is 4.79 Å². The Morgan fingerprint density at radius 2 is 2.27 bits per heavy atom. The Morgan fingerprint density at radius 1 is 1.53 bits per heavy atom. The van der Waals surface area contributed by atoms with Crippen LogP contribution in [0.3, 0.4) is 0 Å². The zero-order chi connectivity index (χ0) is 11.0. The third-order valence-electron chi connectivity index (χ3n) is 2.55. The fourth-order valence-electron chi connectivity index (χ4n) is 1.85. The first-order valence-corrected chi connectivity index (χ1v) is 5.13. The van der Waals surface area contributed by atoms with Gasteiger partial charge in [0.05, 0.1) is 12.2 Å². The summed E-state index contributed by atoms with van der Waals surface area (Å²) in [6, 6.07) is 5.91. The van der Waals surface area contributed by atoms with Gasteiger partial charge in [-0.25, -0.2) is 0 Å². The van der Waals surface area contributed by atoms with E-state index in [4.69, 9.17) is 4.74 Å². The van der Waals surface area contributed by atoms with Crippen molar-refractivity contribution in [1.82, 2.24) is 0 Å². The summed E-state index contributed by atoms with van der Waals surface area (Å²) in [5.74, 6) is 0.867. The predicted molar refractivity (Wildman–Crippen MR) is 59.3 cm³/mol. The summed E-state index contributed by atoms with van der Waals surface area (Å²) in [5.41, 5.74) is 2.03. The summed E-state index contributed by atoms with van der Waals surface area (Å²) in [7, 11) is 0. The number of ether oxygens (including phenoxy) is 1. The molecule has 0 fully saturated rings. The molecule has 1 aliphatic heterocycles. The van der Waals surface area contributed by atoms with Crippen molar-refractivity contribution in [2.45, 2.75) is 26.9 Å². The minimum Gasteiger partial charge on any atom is -0.487 e. The van der Waals surface area contributed by atoms with Gasteiger partial charge >= 0.3 is 0 Å². The Balaban J connectivity index is 2.47. The van der Waals surface area contributed by atoms with Gasteiger partial charge in [-0.15, -0.1) is 0 Å². The Labute approximate surface area is 89.7 Å². The molecule has 1 aliphatic rings. The topological polar surface area (TPSA) is 29.5 Å². The van der Waals surface area contributed by atoms with Crippen LogP contribution in [0.5, 0.6) is 5.75 Å². The van der Waals surface area contributed by atoms with E-state index in [1.54, 1.807) is 11.8 Å². The second-order valence-electron chi connectivity index (χ2n) is 4.03. The van der Waals surface area contributed by atoms with E-state index in [0.717, 1.165) is 17.0 Å². The third-order valence-corrected chi connectivity index (χ3v) is 2.55. The van der Waals surface area contributed by atoms with E-state index in [0.29, 0.717) is 6.54 Å². The first-order chi connectivity index (χ1) is 7.08. The number of fused-ring (bicyclic) bond motifs is 1. The lowest BCUT2D eigenvalue weighted by Gasteiger charge is -2.33. The molecule has 3 nitrogen and oxygen atoms in total. The van der Waals surface area contributed by atoms with Gasteiger partial charge in [0.15, 0.2) is 0 Å². The van der Waals surface area contributed by atoms with Gasteiger partial charge in [-0.3, -0.25) is 4.79 Å². The highest BCUT2D eigenvalue weighted by Crippen LogP contribution is 2.34. The Kier molecular flexibility index (Phi) is 2.39. The molecule has 0 saturated heterocycles. The standard InChI is InChI=1S/C12H15NO2/c1-8-4-5-12-11(6-8)13(10(3)14)7-9(2)15-12/h4-6,9H,7H2,1-3H3/t9-/m1/s1. The number of amides is 1. The molecule has 0 N–H and O–H groups in total. The van der Waals surface area contributed by atoms with Gasteiger partial charge in [-0.05, 0) is 31.5 Å². The molecular formula is C12H15NO2. The minimum atomic E-state index is 0.0594. The molecule has 0 aromatic heterocycles. The van der Waals surface area contributed by atoms with Gasteiger partial charge < -0.3 is 9.64 Å². The monoisotopic (exact) mass is 205 g/mol. The summed E-state index contributed by atoms with van der Waals surface area (Å²) >= 11 is 0. The maximum atomic E-state index is 11.5. The van der Waals surface area contributed by atoms with Crippen molar-refractivity contribution in [3.05, 3.63) is 23.8 Å². The number of nitrogens with zero attached hydrogens (tertiary/aromatic N) is 1. The van der Waals surface area contributed by atoms with E-state index in [1.165, 1.54) is 0 Å². The number of carbonyl (C=O) groups is 1. The van der Waals surface area contributed by atoms with Crippen LogP contribution in [-0.4, -0.2) is 18.6 Å². The van der Waals surface area contributed by atoms with Gasteiger partial charge in [0.1, 0.15) is 11.9 Å². The highest BCUT2D eigenvalue weighted by atomic mass is 16.5. The van der Waals surface area contributed by atoms with Crippen molar-refractivity contribution in [2.24, 2.45) is 0 Å². The first-order valence-electron chi connectivity index (χ1n) is 5.13. The summed E-state index contributed by atoms with van der Waals surface area (Å²) < 4.78 is 5.67. The average molecular weight is 205 g/mol. The van der Waals surface area contributed by atoms with Crippen LogP contribution in [0.4, 0.5) is 5.69 Å². The number of benzene rings is 1. The highest BCUT2D eigenvalue weighted by Gasteiger charge is 2.25. The molecule has 0 saturated carbocycles. The molecular weight excluding hydrogens is 190 g/mol. The lowest BCUT2D eigenvalue weighted by Crippen LogP contribution is -2.41. The lowest BCUT2D eigenvalue weighted by molar-refractivity contribution is -0.117. The summed E-state index contributed by atoms with van der Waals surface area (Å²) in [6.45, 7) is 6.20. The van der Waals surface area contributed by atoms with Crippen LogP contribution in [0, 0.1) is 6.92 Å². The molecule has 80 valence electrons. The Bertz CT molecular complexity index is 401. The van der Waals surface area contributed by atoms with Crippen LogP contribution in [0.25, 0.3) is 0 Å². The number of carbonyl (C=O) groups excluding carboxylic acids is 1. The Morgan fingerprint density at radius 3 is 2.93 bits per heavy atom. The average Bonchev–Trinajstić information content (AvgIpc) is 2.17. The summed E-state index contributed by atoms with van der Waals surface area (Å²) in [6.07, 6.45) is 0.0594. The SMILES string of the molecule is CC(=O)N1C[C@@H](C)Oc2ccc(C)cc21. The fourth-order valence-corrected chi connectivity index (χ4v) is 1.85. The Hall–Kier alpha value is -1.51. The van der Waals surface area contributed by atoms with Crippen LogP contribution in [0.15, 0.2) is 18.2 Å². The van der Waals surface area contributed by atoms with E-state index >= 15 is 0 Å². The molecule has 1 aromatic rings. The van der Waals surface area contributed by atoms with Crippen molar-refractivity contribution in [1.29, 1.82) is 0 Å². The number of aryl methyl sites for hydroxylation is 1. The van der Waals surface area contributed by atoms with Gasteiger partial charge in [0, 0.05) is 6.92 Å². The van der Waals surface area contributed by atoms with Crippen LogP contribution >= 0.6 is 0 Å². The van der Waals surface area contributed by atoms with Crippen molar-refractivity contribution < 1.29 is 9.53 Å². The minimum absolute atomic E-state index is 0.0594. The third kappa shape index (κ3) is 1.82. The molecule has 15 heavy (non-hydrogen) atoms. The summed E-state index contributed by atoms with van der Waals surface area (Å²) in [5, 5.41) is 0. The number of rotatable bonds is 0. The maximum absolute atomic E-state index is 11.5. The maximum Gasteiger partial charge on any atom is 0.224 e. The quantitative estimate of drug-likeness (QED) is 0.649. The van der Waals surface area contributed by atoms with E-state index in [1.807, 2.05) is 32.0 Å². The smallest absolute Gasteiger partial charge is 0.224 e. The van der Waals surface area contributed by atoms with Crippen molar-refractivity contribution in [2.75, 3.05) is 11.4 Å². The number of anilines is 1. The van der Waals surface area contributed by atoms with Crippen LogP contribution < -0.4 is 9.64 Å². The summed E-state index contributed by atoms with van der Waals surface area (Å²) in [4.78, 5) is 13.3. The second kappa shape index (κ2) is 3.57. The van der Waals surface area contributed by atoms with E-state index < -0.39 is 0 Å². The number of hydrogen-bond acceptors (Lipinski definition) is 2.